The molecule has 24 heavy (non-hydrogen) atoms. The number of hydrogen-bond donors (Lipinski definition) is 2. The fourth-order valence-corrected chi connectivity index (χ4v) is 2.67. The van der Waals surface area contributed by atoms with Gasteiger partial charge in [-0.15, -0.1) is 0 Å². The number of rotatable bonds is 6. The molecule has 0 aromatic heterocycles. The molecule has 2 aromatic carbocycles. The summed E-state index contributed by atoms with van der Waals surface area (Å²) < 4.78 is 0. The van der Waals surface area contributed by atoms with Crippen LogP contribution in [0.1, 0.15) is 36.5 Å². The lowest BCUT2D eigenvalue weighted by atomic mass is 10.0. The quantitative estimate of drug-likeness (QED) is 0.836. The summed E-state index contributed by atoms with van der Waals surface area (Å²) >= 11 is 0. The number of nitrogens with zero attached hydrogens (tertiary/aromatic N) is 1. The van der Waals surface area contributed by atoms with Crippen LogP contribution in [0.4, 0.5) is 10.5 Å². The zero-order chi connectivity index (χ0) is 17.5. The van der Waals surface area contributed by atoms with Gasteiger partial charge in [0.1, 0.15) is 0 Å². The molecule has 0 atom stereocenters. The molecule has 0 aliphatic carbocycles. The summed E-state index contributed by atoms with van der Waals surface area (Å²) in [6, 6.07) is 16.0. The Hall–Kier alpha value is -2.33. The minimum Gasteiger partial charge on any atom is -0.334 e. The van der Waals surface area contributed by atoms with E-state index in [9.17, 15) is 4.79 Å². The lowest BCUT2D eigenvalue weighted by Gasteiger charge is -2.14. The van der Waals surface area contributed by atoms with Crippen LogP contribution in [0.2, 0.25) is 0 Å². The maximum Gasteiger partial charge on any atom is 0.319 e. The van der Waals surface area contributed by atoms with Gasteiger partial charge in [0.15, 0.2) is 0 Å². The molecule has 128 valence electrons. The lowest BCUT2D eigenvalue weighted by Crippen LogP contribution is -2.28. The minimum atomic E-state index is -0.180. The number of para-hydroxylation sites is 1. The van der Waals surface area contributed by atoms with Crippen LogP contribution in [0.5, 0.6) is 0 Å². The Labute approximate surface area is 144 Å². The third kappa shape index (κ3) is 5.39. The third-order valence-corrected chi connectivity index (χ3v) is 3.77. The van der Waals surface area contributed by atoms with Gasteiger partial charge in [-0.2, -0.15) is 0 Å². The second-order valence-corrected chi connectivity index (χ2v) is 6.61. The highest BCUT2D eigenvalue weighted by molar-refractivity contribution is 5.90. The summed E-state index contributed by atoms with van der Waals surface area (Å²) in [6.45, 7) is 5.64. The van der Waals surface area contributed by atoms with Crippen LogP contribution in [0.15, 0.2) is 48.5 Å². The van der Waals surface area contributed by atoms with Crippen molar-refractivity contribution in [1.82, 2.24) is 10.2 Å². The molecule has 2 N–H and O–H groups in total. The first-order valence-corrected chi connectivity index (χ1v) is 8.32. The molecule has 2 amide bonds. The first kappa shape index (κ1) is 18.0. The van der Waals surface area contributed by atoms with Crippen molar-refractivity contribution >= 4 is 11.7 Å². The van der Waals surface area contributed by atoms with E-state index >= 15 is 0 Å². The van der Waals surface area contributed by atoms with Crippen molar-refractivity contribution in [1.29, 1.82) is 0 Å². The first-order chi connectivity index (χ1) is 11.5. The van der Waals surface area contributed by atoms with E-state index in [0.717, 1.165) is 23.4 Å². The van der Waals surface area contributed by atoms with Crippen LogP contribution in [-0.4, -0.2) is 25.0 Å². The molecular weight excluding hydrogens is 298 g/mol. The predicted octanol–water partition coefficient (Wildman–Crippen LogP) is 4.19. The average Bonchev–Trinajstić information content (AvgIpc) is 2.53. The predicted molar refractivity (Wildman–Crippen MR) is 100 cm³/mol. The molecule has 2 rings (SSSR count). The lowest BCUT2D eigenvalue weighted by molar-refractivity contribution is 0.251. The van der Waals surface area contributed by atoms with E-state index < -0.39 is 0 Å². The SMILES string of the molecule is CC(C)c1ccccc1NC(=O)NCc1cccc(CN(C)C)c1. The summed E-state index contributed by atoms with van der Waals surface area (Å²) in [5.74, 6) is 0.365. The van der Waals surface area contributed by atoms with Crippen molar-refractivity contribution < 1.29 is 4.79 Å². The van der Waals surface area contributed by atoms with E-state index in [-0.39, 0.29) is 6.03 Å². The number of benzene rings is 2. The largest absolute Gasteiger partial charge is 0.334 e. The summed E-state index contributed by atoms with van der Waals surface area (Å²) in [7, 11) is 4.09. The molecule has 0 fully saturated rings. The first-order valence-electron chi connectivity index (χ1n) is 8.32. The van der Waals surface area contributed by atoms with E-state index in [4.69, 9.17) is 0 Å². The smallest absolute Gasteiger partial charge is 0.319 e. The number of urea groups is 1. The Morgan fingerprint density at radius 2 is 1.75 bits per heavy atom. The van der Waals surface area contributed by atoms with Gasteiger partial charge in [-0.3, -0.25) is 0 Å². The maximum absolute atomic E-state index is 12.2. The average molecular weight is 325 g/mol. The molecule has 0 heterocycles. The number of carbonyl (C=O) groups is 1. The molecule has 2 aromatic rings. The van der Waals surface area contributed by atoms with E-state index in [1.165, 1.54) is 5.56 Å². The van der Waals surface area contributed by atoms with Crippen LogP contribution in [0, 0.1) is 0 Å². The summed E-state index contributed by atoms with van der Waals surface area (Å²) in [5.41, 5.74) is 4.35. The Balaban J connectivity index is 1.94. The van der Waals surface area contributed by atoms with Crippen molar-refractivity contribution in [2.45, 2.75) is 32.9 Å². The molecule has 0 unspecified atom stereocenters. The molecule has 0 saturated heterocycles. The van der Waals surface area contributed by atoms with Crippen LogP contribution < -0.4 is 10.6 Å². The molecule has 0 radical (unpaired) electrons. The number of amides is 2. The van der Waals surface area contributed by atoms with Gasteiger partial charge in [-0.05, 0) is 42.8 Å². The number of anilines is 1. The van der Waals surface area contributed by atoms with E-state index in [1.807, 2.05) is 50.5 Å². The fraction of sp³-hybridized carbons (Fsp3) is 0.350. The number of hydrogen-bond acceptors (Lipinski definition) is 2. The van der Waals surface area contributed by atoms with Crippen molar-refractivity contribution in [3.05, 3.63) is 65.2 Å². The second kappa shape index (κ2) is 8.50. The summed E-state index contributed by atoms with van der Waals surface area (Å²) in [5, 5.41) is 5.88. The van der Waals surface area contributed by atoms with Gasteiger partial charge in [0.05, 0.1) is 0 Å². The van der Waals surface area contributed by atoms with Gasteiger partial charge in [0, 0.05) is 18.8 Å². The minimum absolute atomic E-state index is 0.180. The highest BCUT2D eigenvalue weighted by atomic mass is 16.2. The van der Waals surface area contributed by atoms with Gasteiger partial charge in [-0.25, -0.2) is 4.79 Å². The topological polar surface area (TPSA) is 44.4 Å². The number of nitrogens with one attached hydrogen (secondary N) is 2. The molecule has 0 aliphatic heterocycles. The molecule has 4 nitrogen and oxygen atoms in total. The van der Waals surface area contributed by atoms with Crippen LogP contribution in [-0.2, 0) is 13.1 Å². The van der Waals surface area contributed by atoms with Crippen molar-refractivity contribution in [3.63, 3.8) is 0 Å². The molecule has 0 bridgehead atoms. The maximum atomic E-state index is 12.2. The Morgan fingerprint density at radius 3 is 2.46 bits per heavy atom. The van der Waals surface area contributed by atoms with Gasteiger partial charge in [0.2, 0.25) is 0 Å². The monoisotopic (exact) mass is 325 g/mol. The molecular formula is C20H27N3O. The van der Waals surface area contributed by atoms with Crippen LogP contribution >= 0.6 is 0 Å². The van der Waals surface area contributed by atoms with Crippen molar-refractivity contribution in [2.24, 2.45) is 0 Å². The molecule has 4 heteroatoms. The van der Waals surface area contributed by atoms with Gasteiger partial charge < -0.3 is 15.5 Å². The van der Waals surface area contributed by atoms with Crippen molar-refractivity contribution in [3.8, 4) is 0 Å². The highest BCUT2D eigenvalue weighted by Gasteiger charge is 2.08. The molecule has 0 aliphatic rings. The highest BCUT2D eigenvalue weighted by Crippen LogP contribution is 2.23. The van der Waals surface area contributed by atoms with E-state index in [2.05, 4.69) is 41.5 Å². The molecule has 0 saturated carbocycles. The van der Waals surface area contributed by atoms with Crippen LogP contribution in [0.25, 0.3) is 0 Å². The Morgan fingerprint density at radius 1 is 1.04 bits per heavy atom. The standard InChI is InChI=1S/C20H27N3O/c1-15(2)18-10-5-6-11-19(18)22-20(24)21-13-16-8-7-9-17(12-16)14-23(3)4/h5-12,15H,13-14H2,1-4H3,(H2,21,22,24). The normalized spacial score (nSPS) is 10.9. The van der Waals surface area contributed by atoms with Crippen molar-refractivity contribution in [2.75, 3.05) is 19.4 Å². The zero-order valence-electron chi connectivity index (χ0n) is 15.0. The summed E-state index contributed by atoms with van der Waals surface area (Å²) in [4.78, 5) is 14.3. The second-order valence-electron chi connectivity index (χ2n) is 6.61. The molecule has 0 spiro atoms. The van der Waals surface area contributed by atoms with Gasteiger partial charge >= 0.3 is 6.03 Å². The Bertz CT molecular complexity index is 680. The van der Waals surface area contributed by atoms with E-state index in [0.29, 0.717) is 12.5 Å². The fourth-order valence-electron chi connectivity index (χ4n) is 2.67. The Kier molecular flexibility index (Phi) is 6.38. The van der Waals surface area contributed by atoms with Gasteiger partial charge in [-0.1, -0.05) is 56.3 Å². The van der Waals surface area contributed by atoms with E-state index in [1.54, 1.807) is 0 Å². The third-order valence-electron chi connectivity index (χ3n) is 3.77. The summed E-state index contributed by atoms with van der Waals surface area (Å²) in [6.07, 6.45) is 0. The van der Waals surface area contributed by atoms with Crippen LogP contribution in [0.3, 0.4) is 0 Å². The number of carbonyl (C=O) groups excluding carboxylic acids is 1. The van der Waals surface area contributed by atoms with Gasteiger partial charge in [0.25, 0.3) is 0 Å². The zero-order valence-corrected chi connectivity index (χ0v) is 15.0.